The molecule has 0 unspecified atom stereocenters. The van der Waals surface area contributed by atoms with Crippen LogP contribution in [0.15, 0.2) is 0 Å². The summed E-state index contributed by atoms with van der Waals surface area (Å²) < 4.78 is 10.6. The van der Waals surface area contributed by atoms with Gasteiger partial charge in [0.2, 0.25) is 0 Å². The highest BCUT2D eigenvalue weighted by Crippen LogP contribution is 2.07. The Morgan fingerprint density at radius 3 is 1.74 bits per heavy atom. The molecule has 0 aromatic carbocycles. The SMILES string of the molecule is CC(C)N1CCOCC1.CC(C)N1CCO[C@@H](C)C1. The smallest absolute Gasteiger partial charge is 0.0674 e. The molecule has 19 heavy (non-hydrogen) atoms. The normalized spacial score (nSPS) is 26.4. The fourth-order valence-electron chi connectivity index (χ4n) is 2.41. The van der Waals surface area contributed by atoms with Gasteiger partial charge in [0.05, 0.1) is 25.9 Å². The Bertz CT molecular complexity index is 228. The monoisotopic (exact) mass is 272 g/mol. The Kier molecular flexibility index (Phi) is 7.91. The summed E-state index contributed by atoms with van der Waals surface area (Å²) >= 11 is 0. The molecular weight excluding hydrogens is 240 g/mol. The average Bonchev–Trinajstić information content (AvgIpc) is 2.40. The Morgan fingerprint density at radius 2 is 1.37 bits per heavy atom. The molecule has 2 aliphatic rings. The zero-order valence-electron chi connectivity index (χ0n) is 13.4. The summed E-state index contributed by atoms with van der Waals surface area (Å²) in [5.41, 5.74) is 0. The van der Waals surface area contributed by atoms with E-state index in [2.05, 4.69) is 44.4 Å². The number of hydrogen-bond acceptors (Lipinski definition) is 4. The first kappa shape index (κ1) is 16.9. The van der Waals surface area contributed by atoms with Crippen LogP contribution in [0.2, 0.25) is 0 Å². The molecule has 1 atom stereocenters. The van der Waals surface area contributed by atoms with Crippen LogP contribution in [0.1, 0.15) is 34.6 Å². The maximum absolute atomic E-state index is 5.42. The number of hydrogen-bond donors (Lipinski definition) is 0. The standard InChI is InChI=1S/C8H17NO.C7H15NO/c1-7(2)9-4-5-10-8(3)6-9;1-7(2)8-3-5-9-6-4-8/h7-8H,4-6H2,1-3H3;7H,3-6H2,1-2H3/t8-;/m0./s1. The Balaban J connectivity index is 0.000000191. The third-order valence-corrected chi connectivity index (χ3v) is 3.78. The van der Waals surface area contributed by atoms with Crippen molar-refractivity contribution in [2.24, 2.45) is 0 Å². The van der Waals surface area contributed by atoms with Gasteiger partial charge in [-0.1, -0.05) is 0 Å². The summed E-state index contributed by atoms with van der Waals surface area (Å²) in [6.45, 7) is 18.2. The minimum Gasteiger partial charge on any atom is -0.379 e. The molecule has 0 spiro atoms. The van der Waals surface area contributed by atoms with E-state index in [1.165, 1.54) is 0 Å². The van der Waals surface area contributed by atoms with Gasteiger partial charge >= 0.3 is 0 Å². The van der Waals surface area contributed by atoms with Crippen molar-refractivity contribution in [2.75, 3.05) is 46.0 Å². The lowest BCUT2D eigenvalue weighted by Crippen LogP contribution is -2.44. The van der Waals surface area contributed by atoms with Gasteiger partial charge in [-0.25, -0.2) is 0 Å². The predicted octanol–water partition coefficient (Wildman–Crippen LogP) is 1.84. The number of rotatable bonds is 2. The molecule has 2 aliphatic heterocycles. The summed E-state index contributed by atoms with van der Waals surface area (Å²) in [4.78, 5) is 4.89. The molecule has 0 saturated carbocycles. The van der Waals surface area contributed by atoms with Gasteiger partial charge in [-0.05, 0) is 34.6 Å². The maximum Gasteiger partial charge on any atom is 0.0674 e. The molecule has 4 nitrogen and oxygen atoms in total. The van der Waals surface area contributed by atoms with Gasteiger partial charge in [0, 0.05) is 38.3 Å². The first-order valence-electron chi connectivity index (χ1n) is 7.68. The van der Waals surface area contributed by atoms with Crippen molar-refractivity contribution >= 4 is 0 Å². The first-order chi connectivity index (χ1) is 9.00. The number of nitrogens with zero attached hydrogens (tertiary/aromatic N) is 2. The largest absolute Gasteiger partial charge is 0.379 e. The van der Waals surface area contributed by atoms with Crippen LogP contribution >= 0.6 is 0 Å². The minimum absolute atomic E-state index is 0.427. The van der Waals surface area contributed by atoms with E-state index in [9.17, 15) is 0 Å². The van der Waals surface area contributed by atoms with Crippen molar-refractivity contribution in [3.8, 4) is 0 Å². The Labute approximate surface area is 119 Å². The number of morpholine rings is 2. The predicted molar refractivity (Wildman–Crippen MR) is 79.7 cm³/mol. The molecule has 0 aromatic heterocycles. The van der Waals surface area contributed by atoms with Gasteiger partial charge < -0.3 is 9.47 Å². The van der Waals surface area contributed by atoms with E-state index in [1.54, 1.807) is 0 Å². The zero-order valence-corrected chi connectivity index (χ0v) is 13.4. The van der Waals surface area contributed by atoms with Crippen LogP contribution < -0.4 is 0 Å². The third kappa shape index (κ3) is 6.70. The second kappa shape index (κ2) is 8.90. The van der Waals surface area contributed by atoms with Gasteiger partial charge in [-0.15, -0.1) is 0 Å². The molecule has 0 N–H and O–H groups in total. The summed E-state index contributed by atoms with van der Waals surface area (Å²) in [6.07, 6.45) is 0.427. The first-order valence-corrected chi connectivity index (χ1v) is 7.68. The van der Waals surface area contributed by atoms with E-state index in [1.807, 2.05) is 0 Å². The summed E-state index contributed by atoms with van der Waals surface area (Å²) in [5, 5.41) is 0. The molecule has 4 heteroatoms. The molecule has 2 rings (SSSR count). The van der Waals surface area contributed by atoms with Crippen LogP contribution in [0.5, 0.6) is 0 Å². The van der Waals surface area contributed by atoms with Crippen molar-refractivity contribution in [1.29, 1.82) is 0 Å². The van der Waals surface area contributed by atoms with Crippen LogP contribution in [-0.4, -0.2) is 74.0 Å². The van der Waals surface area contributed by atoms with Gasteiger partial charge in [0.25, 0.3) is 0 Å². The highest BCUT2D eigenvalue weighted by atomic mass is 16.5. The van der Waals surface area contributed by atoms with E-state index in [4.69, 9.17) is 9.47 Å². The van der Waals surface area contributed by atoms with Crippen LogP contribution in [0.4, 0.5) is 0 Å². The molecule has 0 aromatic rings. The van der Waals surface area contributed by atoms with Gasteiger partial charge in [0.1, 0.15) is 0 Å². The van der Waals surface area contributed by atoms with Gasteiger partial charge in [-0.2, -0.15) is 0 Å². The zero-order chi connectivity index (χ0) is 14.3. The second-order valence-electron chi connectivity index (χ2n) is 6.01. The summed E-state index contributed by atoms with van der Waals surface area (Å²) in [6, 6.07) is 1.36. The molecule has 0 radical (unpaired) electrons. The average molecular weight is 272 g/mol. The fourth-order valence-corrected chi connectivity index (χ4v) is 2.41. The van der Waals surface area contributed by atoms with E-state index >= 15 is 0 Å². The van der Waals surface area contributed by atoms with Crippen LogP contribution in [0, 0.1) is 0 Å². The van der Waals surface area contributed by atoms with Gasteiger partial charge in [0.15, 0.2) is 0 Å². The molecule has 0 amide bonds. The van der Waals surface area contributed by atoms with Crippen molar-refractivity contribution < 1.29 is 9.47 Å². The van der Waals surface area contributed by atoms with Gasteiger partial charge in [-0.3, -0.25) is 9.80 Å². The molecular formula is C15H32N2O2. The second-order valence-corrected chi connectivity index (χ2v) is 6.01. The topological polar surface area (TPSA) is 24.9 Å². The fraction of sp³-hybridized carbons (Fsp3) is 1.00. The quantitative estimate of drug-likeness (QED) is 0.766. The molecule has 0 bridgehead atoms. The minimum atomic E-state index is 0.427. The number of ether oxygens (including phenoxy) is 2. The van der Waals surface area contributed by atoms with Crippen LogP contribution in [-0.2, 0) is 9.47 Å². The van der Waals surface area contributed by atoms with Crippen molar-refractivity contribution in [3.05, 3.63) is 0 Å². The van der Waals surface area contributed by atoms with Crippen molar-refractivity contribution in [3.63, 3.8) is 0 Å². The lowest BCUT2D eigenvalue weighted by molar-refractivity contribution is -0.0288. The molecule has 2 saturated heterocycles. The molecule has 0 aliphatic carbocycles. The third-order valence-electron chi connectivity index (χ3n) is 3.78. The molecule has 114 valence electrons. The molecule has 2 fully saturated rings. The maximum atomic E-state index is 5.42. The Hall–Kier alpha value is -0.160. The highest BCUT2D eigenvalue weighted by molar-refractivity contribution is 4.70. The lowest BCUT2D eigenvalue weighted by atomic mass is 10.2. The Morgan fingerprint density at radius 1 is 0.842 bits per heavy atom. The summed E-state index contributed by atoms with van der Waals surface area (Å²) in [5.74, 6) is 0. The van der Waals surface area contributed by atoms with Crippen molar-refractivity contribution in [1.82, 2.24) is 9.80 Å². The van der Waals surface area contributed by atoms with Crippen molar-refractivity contribution in [2.45, 2.75) is 52.8 Å². The van der Waals surface area contributed by atoms with E-state index in [0.717, 1.165) is 46.0 Å². The van der Waals surface area contributed by atoms with E-state index in [-0.39, 0.29) is 0 Å². The highest BCUT2D eigenvalue weighted by Gasteiger charge is 2.18. The summed E-state index contributed by atoms with van der Waals surface area (Å²) in [7, 11) is 0. The van der Waals surface area contributed by atoms with E-state index in [0.29, 0.717) is 18.2 Å². The lowest BCUT2D eigenvalue weighted by Gasteiger charge is -2.33. The van der Waals surface area contributed by atoms with E-state index < -0.39 is 0 Å². The van der Waals surface area contributed by atoms with Crippen LogP contribution in [0.3, 0.4) is 0 Å². The molecule has 2 heterocycles. The van der Waals surface area contributed by atoms with Crippen LogP contribution in [0.25, 0.3) is 0 Å².